The van der Waals surface area contributed by atoms with Gasteiger partial charge in [0.1, 0.15) is 11.9 Å². The number of aryl methyl sites for hydroxylation is 1. The largest absolute Gasteiger partial charge is 0.487 e. The standard InChI is InChI=1S/C24H22ClNO3/c1-16-10-11-19(25)13-22(16)21-9-5-8-18-12-20(29-23(18)21)15-26(24(27)28)14-17-6-3-2-4-7-17/h2-11,13,20H,12,14-15H2,1H3,(H,27,28). The molecule has 0 spiro atoms. The van der Waals surface area contributed by atoms with Crippen molar-refractivity contribution in [3.63, 3.8) is 0 Å². The number of nitrogens with zero attached hydrogens (tertiary/aromatic N) is 1. The Morgan fingerprint density at radius 3 is 2.66 bits per heavy atom. The lowest BCUT2D eigenvalue weighted by Crippen LogP contribution is -2.37. The highest BCUT2D eigenvalue weighted by Crippen LogP contribution is 2.40. The highest BCUT2D eigenvalue weighted by atomic mass is 35.5. The van der Waals surface area contributed by atoms with Gasteiger partial charge >= 0.3 is 6.09 Å². The van der Waals surface area contributed by atoms with Gasteiger partial charge in [-0.25, -0.2) is 4.79 Å². The van der Waals surface area contributed by atoms with Gasteiger partial charge in [0.25, 0.3) is 0 Å². The second-order valence-corrected chi connectivity index (χ2v) is 7.78. The number of halogens is 1. The summed E-state index contributed by atoms with van der Waals surface area (Å²) in [5, 5.41) is 10.3. The van der Waals surface area contributed by atoms with Crippen LogP contribution >= 0.6 is 11.6 Å². The minimum atomic E-state index is -0.945. The summed E-state index contributed by atoms with van der Waals surface area (Å²) in [7, 11) is 0. The summed E-state index contributed by atoms with van der Waals surface area (Å²) < 4.78 is 6.26. The lowest BCUT2D eigenvalue weighted by molar-refractivity contribution is 0.113. The van der Waals surface area contributed by atoms with Gasteiger partial charge in [0, 0.05) is 23.6 Å². The molecule has 1 heterocycles. The Bertz CT molecular complexity index is 1040. The van der Waals surface area contributed by atoms with Gasteiger partial charge in [-0.1, -0.05) is 66.2 Å². The van der Waals surface area contributed by atoms with E-state index in [1.807, 2.05) is 73.7 Å². The third-order valence-electron chi connectivity index (χ3n) is 5.23. The Labute approximate surface area is 175 Å². The van der Waals surface area contributed by atoms with E-state index in [1.165, 1.54) is 4.90 Å². The molecule has 0 fully saturated rings. The maximum absolute atomic E-state index is 11.8. The Balaban J connectivity index is 1.56. The Hall–Kier alpha value is -2.98. The molecule has 0 radical (unpaired) electrons. The predicted octanol–water partition coefficient (Wildman–Crippen LogP) is 5.80. The van der Waals surface area contributed by atoms with Crippen LogP contribution in [0.3, 0.4) is 0 Å². The van der Waals surface area contributed by atoms with Crippen LogP contribution < -0.4 is 4.74 Å². The molecule has 4 nitrogen and oxygen atoms in total. The molecule has 1 aliphatic rings. The number of amides is 1. The van der Waals surface area contributed by atoms with Crippen molar-refractivity contribution < 1.29 is 14.6 Å². The molecule has 1 aliphatic heterocycles. The van der Waals surface area contributed by atoms with Gasteiger partial charge in [0.05, 0.1) is 6.54 Å². The molecular weight excluding hydrogens is 386 g/mol. The van der Waals surface area contributed by atoms with E-state index in [0.29, 0.717) is 24.5 Å². The summed E-state index contributed by atoms with van der Waals surface area (Å²) >= 11 is 6.21. The van der Waals surface area contributed by atoms with Crippen molar-refractivity contribution in [2.45, 2.75) is 26.0 Å². The number of hydrogen-bond acceptors (Lipinski definition) is 2. The van der Waals surface area contributed by atoms with Crippen LogP contribution in [0.2, 0.25) is 5.02 Å². The molecule has 5 heteroatoms. The molecule has 1 amide bonds. The molecule has 0 saturated carbocycles. The Morgan fingerprint density at radius 1 is 1.10 bits per heavy atom. The fraction of sp³-hybridized carbons (Fsp3) is 0.208. The SMILES string of the molecule is Cc1ccc(Cl)cc1-c1cccc2c1OC(CN(Cc1ccccc1)C(=O)O)C2. The zero-order valence-electron chi connectivity index (χ0n) is 16.1. The first-order valence-electron chi connectivity index (χ1n) is 9.58. The zero-order valence-corrected chi connectivity index (χ0v) is 16.9. The van der Waals surface area contributed by atoms with Crippen LogP contribution in [0.4, 0.5) is 4.79 Å². The van der Waals surface area contributed by atoms with Crippen molar-refractivity contribution in [1.29, 1.82) is 0 Å². The van der Waals surface area contributed by atoms with Crippen LogP contribution in [0.1, 0.15) is 16.7 Å². The molecule has 1 unspecified atom stereocenters. The van der Waals surface area contributed by atoms with Crippen LogP contribution in [-0.2, 0) is 13.0 Å². The van der Waals surface area contributed by atoms with Crippen molar-refractivity contribution in [2.24, 2.45) is 0 Å². The number of carbonyl (C=O) groups is 1. The number of rotatable bonds is 5. The fourth-order valence-electron chi connectivity index (χ4n) is 3.80. The Kier molecular flexibility index (Phi) is 5.45. The Morgan fingerprint density at radius 2 is 1.90 bits per heavy atom. The van der Waals surface area contributed by atoms with Crippen LogP contribution in [0.15, 0.2) is 66.7 Å². The van der Waals surface area contributed by atoms with Gasteiger partial charge in [-0.3, -0.25) is 0 Å². The maximum atomic E-state index is 11.8. The van der Waals surface area contributed by atoms with Crippen molar-refractivity contribution >= 4 is 17.7 Å². The summed E-state index contributed by atoms with van der Waals surface area (Å²) in [5.74, 6) is 0.827. The normalized spacial score (nSPS) is 14.9. The first kappa shape index (κ1) is 19.3. The molecule has 0 bridgehead atoms. The van der Waals surface area contributed by atoms with Crippen molar-refractivity contribution in [3.05, 3.63) is 88.4 Å². The topological polar surface area (TPSA) is 49.8 Å². The smallest absolute Gasteiger partial charge is 0.407 e. The van der Waals surface area contributed by atoms with Crippen LogP contribution in [0.5, 0.6) is 5.75 Å². The van der Waals surface area contributed by atoms with Gasteiger partial charge in [-0.2, -0.15) is 0 Å². The summed E-state index contributed by atoms with van der Waals surface area (Å²) in [6.07, 6.45) is -0.480. The molecule has 0 aliphatic carbocycles. The van der Waals surface area contributed by atoms with Gasteiger partial charge in [0.2, 0.25) is 0 Å². The fourth-order valence-corrected chi connectivity index (χ4v) is 3.97. The van der Waals surface area contributed by atoms with Gasteiger partial charge < -0.3 is 14.7 Å². The first-order chi connectivity index (χ1) is 14.0. The third-order valence-corrected chi connectivity index (χ3v) is 5.46. The molecule has 0 saturated heterocycles. The number of ether oxygens (including phenoxy) is 1. The monoisotopic (exact) mass is 407 g/mol. The highest BCUT2D eigenvalue weighted by Gasteiger charge is 2.29. The summed E-state index contributed by atoms with van der Waals surface area (Å²) in [5.41, 5.74) is 5.20. The third kappa shape index (κ3) is 4.22. The lowest BCUT2D eigenvalue weighted by atomic mass is 9.97. The quantitative estimate of drug-likeness (QED) is 0.581. The lowest BCUT2D eigenvalue weighted by Gasteiger charge is -2.23. The molecule has 4 rings (SSSR count). The van der Waals surface area contributed by atoms with E-state index in [-0.39, 0.29) is 6.10 Å². The zero-order chi connectivity index (χ0) is 20.4. The van der Waals surface area contributed by atoms with Crippen LogP contribution in [-0.4, -0.2) is 28.7 Å². The second-order valence-electron chi connectivity index (χ2n) is 7.35. The van der Waals surface area contributed by atoms with Crippen molar-refractivity contribution in [3.8, 4) is 16.9 Å². The molecule has 3 aromatic carbocycles. The molecule has 148 valence electrons. The molecule has 0 aromatic heterocycles. The van der Waals surface area contributed by atoms with Crippen LogP contribution in [0, 0.1) is 6.92 Å². The van der Waals surface area contributed by atoms with Gasteiger partial charge in [-0.15, -0.1) is 0 Å². The molecule has 29 heavy (non-hydrogen) atoms. The number of para-hydroxylation sites is 1. The summed E-state index contributed by atoms with van der Waals surface area (Å²) in [4.78, 5) is 13.2. The van der Waals surface area contributed by atoms with E-state index in [2.05, 4.69) is 0 Å². The van der Waals surface area contributed by atoms with E-state index in [0.717, 1.165) is 33.6 Å². The number of fused-ring (bicyclic) bond motifs is 1. The number of carboxylic acid groups (broad SMARTS) is 1. The molecule has 1 N–H and O–H groups in total. The first-order valence-corrected chi connectivity index (χ1v) is 9.96. The molecular formula is C24H22ClNO3. The minimum Gasteiger partial charge on any atom is -0.487 e. The number of hydrogen-bond donors (Lipinski definition) is 1. The minimum absolute atomic E-state index is 0.217. The van der Waals surface area contributed by atoms with E-state index in [4.69, 9.17) is 16.3 Å². The average Bonchev–Trinajstić information content (AvgIpc) is 3.13. The van der Waals surface area contributed by atoms with E-state index < -0.39 is 6.09 Å². The van der Waals surface area contributed by atoms with E-state index in [1.54, 1.807) is 0 Å². The highest BCUT2D eigenvalue weighted by molar-refractivity contribution is 6.30. The maximum Gasteiger partial charge on any atom is 0.407 e. The summed E-state index contributed by atoms with van der Waals surface area (Å²) in [6.45, 7) is 2.70. The second kappa shape index (κ2) is 8.18. The molecule has 3 aromatic rings. The van der Waals surface area contributed by atoms with Gasteiger partial charge in [-0.05, 0) is 41.3 Å². The summed E-state index contributed by atoms with van der Waals surface area (Å²) in [6, 6.07) is 21.5. The van der Waals surface area contributed by atoms with Gasteiger partial charge in [0.15, 0.2) is 0 Å². The van der Waals surface area contributed by atoms with Crippen molar-refractivity contribution in [1.82, 2.24) is 4.90 Å². The van der Waals surface area contributed by atoms with Crippen LogP contribution in [0.25, 0.3) is 11.1 Å². The number of benzene rings is 3. The molecule has 1 atom stereocenters. The van der Waals surface area contributed by atoms with Crippen molar-refractivity contribution in [2.75, 3.05) is 6.54 Å². The van der Waals surface area contributed by atoms with E-state index >= 15 is 0 Å². The predicted molar refractivity (Wildman–Crippen MR) is 115 cm³/mol. The van der Waals surface area contributed by atoms with E-state index in [9.17, 15) is 9.90 Å². The average molecular weight is 408 g/mol.